The maximum absolute atomic E-state index is 13.1. The van der Waals surface area contributed by atoms with Crippen molar-refractivity contribution in [3.8, 4) is 35.6 Å². The standard InChI is InChI=1S/C20H24F3NSi.C12H9BrF3N.C8H16Si/c1-4-25(5-2,6-3)13-10-16-14-17(20(21,22)23)8-9-18(16)19(15-24)11-7-12-19;13-10-6-8(12(14,15)16)2-3-9(10)11(7-17)4-1-5-11;1-5-9(6-2,7-3)8-4/h8-9,14H,4-7,11-12H2,1-3H3;2-3,6H,1,4-5H2;1H,6-8H2,2-4H3. The third kappa shape index (κ3) is 10.3. The monoisotopic (exact) mass is 806 g/mol. The molecule has 2 fully saturated rings. The topological polar surface area (TPSA) is 47.6 Å². The van der Waals surface area contributed by atoms with Crippen molar-refractivity contribution in [3.05, 3.63) is 68.7 Å². The Balaban J connectivity index is 0.000000298. The highest BCUT2D eigenvalue weighted by Crippen LogP contribution is 2.47. The largest absolute Gasteiger partial charge is 0.416 e. The summed E-state index contributed by atoms with van der Waals surface area (Å²) in [6.07, 6.45) is 1.40. The fraction of sp³-hybridized carbons (Fsp3) is 0.550. The van der Waals surface area contributed by atoms with E-state index in [2.05, 4.69) is 86.6 Å². The van der Waals surface area contributed by atoms with Crippen LogP contribution in [0, 0.1) is 46.1 Å². The minimum absolute atomic E-state index is 0.369. The maximum atomic E-state index is 13.1. The number of alkyl halides is 6. The first-order chi connectivity index (χ1) is 23.9. The Hall–Kier alpha value is -2.97. The van der Waals surface area contributed by atoms with Gasteiger partial charge in [-0.2, -0.15) is 36.9 Å². The van der Waals surface area contributed by atoms with Crippen molar-refractivity contribution < 1.29 is 26.3 Å². The van der Waals surface area contributed by atoms with E-state index in [4.69, 9.17) is 11.7 Å². The van der Waals surface area contributed by atoms with Crippen molar-refractivity contribution >= 4 is 32.1 Å². The molecule has 0 heterocycles. The summed E-state index contributed by atoms with van der Waals surface area (Å²) in [6, 6.07) is 18.5. The van der Waals surface area contributed by atoms with Gasteiger partial charge >= 0.3 is 12.4 Å². The highest BCUT2D eigenvalue weighted by Gasteiger charge is 2.43. The summed E-state index contributed by atoms with van der Waals surface area (Å²) in [7, 11) is -2.94. The van der Waals surface area contributed by atoms with Gasteiger partial charge in [0.2, 0.25) is 0 Å². The van der Waals surface area contributed by atoms with E-state index >= 15 is 0 Å². The molecule has 0 unspecified atom stereocenters. The van der Waals surface area contributed by atoms with Crippen LogP contribution in [-0.4, -0.2) is 16.1 Å². The van der Waals surface area contributed by atoms with E-state index in [0.717, 1.165) is 55.2 Å². The van der Waals surface area contributed by atoms with E-state index in [-0.39, 0.29) is 0 Å². The van der Waals surface area contributed by atoms with Gasteiger partial charge in [0, 0.05) is 10.0 Å². The zero-order valence-corrected chi connectivity index (χ0v) is 34.2. The second-order valence-electron chi connectivity index (χ2n) is 13.6. The fourth-order valence-electron chi connectivity index (χ4n) is 6.54. The highest BCUT2D eigenvalue weighted by molar-refractivity contribution is 9.10. The van der Waals surface area contributed by atoms with Gasteiger partial charge in [-0.15, -0.1) is 17.5 Å². The van der Waals surface area contributed by atoms with E-state index in [9.17, 15) is 31.6 Å². The minimum Gasteiger partial charge on any atom is -0.197 e. The van der Waals surface area contributed by atoms with Crippen LogP contribution in [0.25, 0.3) is 0 Å². The van der Waals surface area contributed by atoms with E-state index in [1.807, 2.05) is 0 Å². The average Bonchev–Trinajstić information content (AvgIpc) is 3.07. The molecule has 2 saturated carbocycles. The molecule has 0 aromatic heterocycles. The van der Waals surface area contributed by atoms with E-state index in [0.29, 0.717) is 46.8 Å². The van der Waals surface area contributed by atoms with Crippen LogP contribution in [0.3, 0.4) is 0 Å². The summed E-state index contributed by atoms with van der Waals surface area (Å²) >= 11 is 3.14. The summed E-state index contributed by atoms with van der Waals surface area (Å²) in [4.78, 5) is 0. The van der Waals surface area contributed by atoms with Crippen molar-refractivity contribution in [2.45, 2.75) is 140 Å². The maximum Gasteiger partial charge on any atom is 0.416 e. The number of terminal acetylenes is 1. The number of nitrogens with zero attached hydrogens (tertiary/aromatic N) is 2. The van der Waals surface area contributed by atoms with Gasteiger partial charge < -0.3 is 0 Å². The molecule has 51 heavy (non-hydrogen) atoms. The van der Waals surface area contributed by atoms with Gasteiger partial charge in [-0.3, -0.25) is 0 Å². The fourth-order valence-corrected chi connectivity index (χ4v) is 11.8. The summed E-state index contributed by atoms with van der Waals surface area (Å²) in [5.41, 5.74) is 5.47. The van der Waals surface area contributed by atoms with Gasteiger partial charge in [0.25, 0.3) is 0 Å². The normalized spacial score (nSPS) is 16.0. The van der Waals surface area contributed by atoms with Crippen LogP contribution in [0.4, 0.5) is 26.3 Å². The second kappa shape index (κ2) is 18.2. The number of hydrogen-bond donors (Lipinski definition) is 0. The minimum atomic E-state index is -4.40. The molecule has 2 aromatic carbocycles. The smallest absolute Gasteiger partial charge is 0.197 e. The SMILES string of the molecule is C#C[Si](CC)(CC)CC.CC[Si](C#Cc1cc(C(F)(F)F)ccc1C1(C#N)CCC1)(CC)CC.N#CC1(c2ccc(C(F)(F)F)cc2Br)CCC1. The molecule has 11 heteroatoms. The van der Waals surface area contributed by atoms with E-state index < -0.39 is 50.5 Å². The molecule has 0 saturated heterocycles. The zero-order valence-electron chi connectivity index (χ0n) is 30.6. The third-order valence-corrected chi connectivity index (χ3v) is 21.4. The molecule has 2 nitrogen and oxygen atoms in total. The summed E-state index contributed by atoms with van der Waals surface area (Å²) in [5, 5.41) is 18.7. The molecule has 0 bridgehead atoms. The van der Waals surface area contributed by atoms with Crippen molar-refractivity contribution in [1.82, 2.24) is 0 Å². The first-order valence-corrected chi connectivity index (χ1v) is 23.8. The lowest BCUT2D eigenvalue weighted by Gasteiger charge is -2.36. The molecule has 2 aliphatic rings. The molecule has 0 radical (unpaired) electrons. The van der Waals surface area contributed by atoms with Crippen LogP contribution in [0.1, 0.15) is 108 Å². The Morgan fingerprint density at radius 1 is 0.667 bits per heavy atom. The predicted molar refractivity (Wildman–Crippen MR) is 203 cm³/mol. The predicted octanol–water partition coefficient (Wildman–Crippen LogP) is 13.1. The van der Waals surface area contributed by atoms with Crippen molar-refractivity contribution in [1.29, 1.82) is 10.5 Å². The molecule has 0 atom stereocenters. The van der Waals surface area contributed by atoms with Crippen LogP contribution in [0.2, 0.25) is 36.3 Å². The van der Waals surface area contributed by atoms with Crippen LogP contribution < -0.4 is 0 Å². The molecule has 276 valence electrons. The quantitative estimate of drug-likeness (QED) is 0.152. The number of rotatable bonds is 8. The van der Waals surface area contributed by atoms with Gasteiger partial charge in [-0.25, -0.2) is 0 Å². The number of nitriles is 2. The Morgan fingerprint density at radius 2 is 1.06 bits per heavy atom. The number of hydrogen-bond acceptors (Lipinski definition) is 2. The first kappa shape index (κ1) is 44.2. The third-order valence-electron chi connectivity index (χ3n) is 11.3. The lowest BCUT2D eigenvalue weighted by Crippen LogP contribution is -2.33. The Labute approximate surface area is 311 Å². The first-order valence-electron chi connectivity index (χ1n) is 17.8. The van der Waals surface area contributed by atoms with Crippen molar-refractivity contribution in [2.24, 2.45) is 0 Å². The summed E-state index contributed by atoms with van der Waals surface area (Å²) < 4.78 is 77.3. The second-order valence-corrected chi connectivity index (χ2v) is 24.4. The highest BCUT2D eigenvalue weighted by atomic mass is 79.9. The molecule has 0 aliphatic heterocycles. The van der Waals surface area contributed by atoms with Gasteiger partial charge in [0.05, 0.1) is 34.1 Å². The zero-order chi connectivity index (χ0) is 38.7. The van der Waals surface area contributed by atoms with Crippen molar-refractivity contribution in [3.63, 3.8) is 0 Å². The molecule has 0 N–H and O–H groups in total. The van der Waals surface area contributed by atoms with Crippen LogP contribution >= 0.6 is 15.9 Å². The summed E-state index contributed by atoms with van der Waals surface area (Å²) in [6.45, 7) is 13.0. The van der Waals surface area contributed by atoms with E-state index in [1.54, 1.807) is 0 Å². The van der Waals surface area contributed by atoms with E-state index in [1.165, 1.54) is 30.3 Å². The molecule has 2 aliphatic carbocycles. The van der Waals surface area contributed by atoms with Crippen molar-refractivity contribution in [2.75, 3.05) is 0 Å². The Bertz CT molecular complexity index is 1650. The lowest BCUT2D eigenvalue weighted by molar-refractivity contribution is -0.138. The lowest BCUT2D eigenvalue weighted by atomic mass is 9.64. The Kier molecular flexibility index (Phi) is 15.8. The number of halogens is 7. The van der Waals surface area contributed by atoms with Gasteiger partial charge in [-0.05, 0) is 110 Å². The molecular formula is C40H49BrF6N2Si2. The summed E-state index contributed by atoms with van der Waals surface area (Å²) in [5.74, 6) is 3.09. The van der Waals surface area contributed by atoms with Crippen LogP contribution in [0.5, 0.6) is 0 Å². The molecular weight excluding hydrogens is 759 g/mol. The number of benzene rings is 2. The van der Waals surface area contributed by atoms with Gasteiger partial charge in [-0.1, -0.05) is 75.5 Å². The molecule has 2 aromatic rings. The molecule has 4 rings (SSSR count). The van der Waals surface area contributed by atoms with Crippen LogP contribution in [0.15, 0.2) is 40.9 Å². The molecule has 0 spiro atoms. The van der Waals surface area contributed by atoms with Gasteiger partial charge in [0.15, 0.2) is 0 Å². The van der Waals surface area contributed by atoms with Gasteiger partial charge in [0.1, 0.15) is 16.1 Å². The van der Waals surface area contributed by atoms with Crippen LogP contribution in [-0.2, 0) is 23.2 Å². The molecule has 0 amide bonds. The average molecular weight is 808 g/mol. The Morgan fingerprint density at radius 3 is 1.35 bits per heavy atom.